The lowest BCUT2D eigenvalue weighted by Crippen LogP contribution is -2.53. The maximum atomic E-state index is 12.4. The third-order valence-electron chi connectivity index (χ3n) is 3.19. The average Bonchev–Trinajstić information content (AvgIpc) is 2.39. The van der Waals surface area contributed by atoms with Gasteiger partial charge in [0.25, 0.3) is 10.2 Å². The molecule has 0 aromatic heterocycles. The third kappa shape index (κ3) is 3.65. The molecule has 7 nitrogen and oxygen atoms in total. The minimum Gasteiger partial charge on any atom is -0.480 e. The van der Waals surface area contributed by atoms with Crippen molar-refractivity contribution in [3.63, 3.8) is 0 Å². The van der Waals surface area contributed by atoms with E-state index in [2.05, 4.69) is 0 Å². The second kappa shape index (κ2) is 6.84. The van der Waals surface area contributed by atoms with Crippen LogP contribution in [0.15, 0.2) is 0 Å². The van der Waals surface area contributed by atoms with Crippen LogP contribution in [0.25, 0.3) is 0 Å². The van der Waals surface area contributed by atoms with Crippen molar-refractivity contribution in [3.05, 3.63) is 0 Å². The summed E-state index contributed by atoms with van der Waals surface area (Å²) in [7, 11) is -3.81. The zero-order valence-electron chi connectivity index (χ0n) is 10.9. The Kier molecular flexibility index (Phi) is 5.72. The van der Waals surface area contributed by atoms with E-state index in [1.165, 1.54) is 0 Å². The molecule has 19 heavy (non-hydrogen) atoms. The highest BCUT2D eigenvalue weighted by molar-refractivity contribution is 7.86. The van der Waals surface area contributed by atoms with Crippen molar-refractivity contribution in [3.8, 4) is 6.07 Å². The fourth-order valence-electron chi connectivity index (χ4n) is 2.19. The zero-order chi connectivity index (χ0) is 14.5. The van der Waals surface area contributed by atoms with E-state index in [9.17, 15) is 13.2 Å². The van der Waals surface area contributed by atoms with Crippen LogP contribution < -0.4 is 0 Å². The molecule has 0 saturated carbocycles. The smallest absolute Gasteiger partial charge is 0.322 e. The van der Waals surface area contributed by atoms with Gasteiger partial charge in [0.1, 0.15) is 6.04 Å². The fraction of sp³-hybridized carbons (Fsp3) is 0.818. The number of hydrogen-bond acceptors (Lipinski definition) is 4. The van der Waals surface area contributed by atoms with Gasteiger partial charge >= 0.3 is 5.97 Å². The Balaban J connectivity index is 2.95. The van der Waals surface area contributed by atoms with E-state index in [1.54, 1.807) is 6.92 Å². The van der Waals surface area contributed by atoms with Crippen molar-refractivity contribution >= 4 is 16.2 Å². The fourth-order valence-corrected chi connectivity index (χ4v) is 4.01. The number of carboxylic acid groups (broad SMARTS) is 1. The quantitative estimate of drug-likeness (QED) is 0.763. The molecule has 1 rings (SSSR count). The largest absolute Gasteiger partial charge is 0.480 e. The number of rotatable bonds is 6. The number of nitriles is 1. The summed E-state index contributed by atoms with van der Waals surface area (Å²) >= 11 is 0. The SMILES string of the molecule is CCN(CCC#N)S(=O)(=O)N1CCCCC1C(=O)O. The van der Waals surface area contributed by atoms with Gasteiger partial charge in [-0.05, 0) is 19.3 Å². The maximum Gasteiger partial charge on any atom is 0.322 e. The van der Waals surface area contributed by atoms with Crippen LogP contribution in [0.3, 0.4) is 0 Å². The first-order chi connectivity index (χ1) is 8.95. The first-order valence-corrected chi connectivity index (χ1v) is 7.71. The van der Waals surface area contributed by atoms with E-state index in [1.807, 2.05) is 6.07 Å². The highest BCUT2D eigenvalue weighted by atomic mass is 32.2. The molecule has 0 aromatic rings. The predicted molar refractivity (Wildman–Crippen MR) is 68.4 cm³/mol. The minimum atomic E-state index is -3.81. The van der Waals surface area contributed by atoms with Crippen molar-refractivity contribution in [2.24, 2.45) is 0 Å². The van der Waals surface area contributed by atoms with E-state index in [0.717, 1.165) is 8.61 Å². The highest BCUT2D eigenvalue weighted by Gasteiger charge is 2.39. The van der Waals surface area contributed by atoms with Gasteiger partial charge < -0.3 is 5.11 Å². The first kappa shape index (κ1) is 15.9. The lowest BCUT2D eigenvalue weighted by atomic mass is 10.1. The molecule has 1 aliphatic heterocycles. The predicted octanol–water partition coefficient (Wildman–Crippen LogP) is 0.406. The van der Waals surface area contributed by atoms with Gasteiger partial charge in [-0.3, -0.25) is 4.79 Å². The number of aliphatic carboxylic acids is 1. The zero-order valence-corrected chi connectivity index (χ0v) is 11.8. The van der Waals surface area contributed by atoms with Crippen LogP contribution in [0.1, 0.15) is 32.6 Å². The molecule has 0 amide bonds. The number of nitrogens with zero attached hydrogens (tertiary/aromatic N) is 3. The molecule has 108 valence electrons. The minimum absolute atomic E-state index is 0.0954. The molecule has 1 unspecified atom stereocenters. The number of carboxylic acids is 1. The molecule has 0 radical (unpaired) electrons. The Bertz CT molecular complexity index is 457. The summed E-state index contributed by atoms with van der Waals surface area (Å²) in [6.45, 7) is 2.22. The topological polar surface area (TPSA) is 102 Å². The van der Waals surface area contributed by atoms with Crippen molar-refractivity contribution < 1.29 is 18.3 Å². The summed E-state index contributed by atoms with van der Waals surface area (Å²) in [6.07, 6.45) is 1.81. The second-order valence-electron chi connectivity index (χ2n) is 4.37. The lowest BCUT2D eigenvalue weighted by Gasteiger charge is -2.35. The molecular weight excluding hydrogens is 270 g/mol. The Morgan fingerprint density at radius 3 is 2.74 bits per heavy atom. The molecule has 0 bridgehead atoms. The Morgan fingerprint density at radius 1 is 1.53 bits per heavy atom. The van der Waals surface area contributed by atoms with Gasteiger partial charge in [0.2, 0.25) is 0 Å². The normalized spacial score (nSPS) is 21.2. The molecule has 1 aliphatic rings. The summed E-state index contributed by atoms with van der Waals surface area (Å²) in [5.41, 5.74) is 0. The number of piperidine rings is 1. The first-order valence-electron chi connectivity index (χ1n) is 6.31. The monoisotopic (exact) mass is 289 g/mol. The van der Waals surface area contributed by atoms with E-state index in [0.29, 0.717) is 19.3 Å². The van der Waals surface area contributed by atoms with E-state index < -0.39 is 22.2 Å². The number of carbonyl (C=O) groups is 1. The van der Waals surface area contributed by atoms with Crippen molar-refractivity contribution in [2.75, 3.05) is 19.6 Å². The van der Waals surface area contributed by atoms with Crippen molar-refractivity contribution in [1.82, 2.24) is 8.61 Å². The Morgan fingerprint density at radius 2 is 2.21 bits per heavy atom. The summed E-state index contributed by atoms with van der Waals surface area (Å²) in [5, 5.41) is 17.7. The van der Waals surface area contributed by atoms with Crippen molar-refractivity contribution in [2.45, 2.75) is 38.6 Å². The van der Waals surface area contributed by atoms with E-state index in [4.69, 9.17) is 10.4 Å². The van der Waals surface area contributed by atoms with Crippen molar-refractivity contribution in [1.29, 1.82) is 5.26 Å². The molecular formula is C11H19N3O4S. The maximum absolute atomic E-state index is 12.4. The standard InChI is InChI=1S/C11H19N3O4S/c1-2-13(8-5-7-12)19(17,18)14-9-4-3-6-10(14)11(15)16/h10H,2-6,8-9H2,1H3,(H,15,16). The van der Waals surface area contributed by atoms with Gasteiger partial charge in [0.05, 0.1) is 6.07 Å². The third-order valence-corrected chi connectivity index (χ3v) is 5.31. The molecule has 0 spiro atoms. The number of hydrogen-bond donors (Lipinski definition) is 1. The van der Waals surface area contributed by atoms with Crippen LogP contribution in [0.2, 0.25) is 0 Å². The van der Waals surface area contributed by atoms with Crippen LogP contribution in [0, 0.1) is 11.3 Å². The lowest BCUT2D eigenvalue weighted by molar-refractivity contribution is -0.142. The van der Waals surface area contributed by atoms with Crippen LogP contribution in [-0.2, 0) is 15.0 Å². The molecule has 1 atom stereocenters. The molecule has 1 heterocycles. The van der Waals surface area contributed by atoms with Crippen LogP contribution >= 0.6 is 0 Å². The summed E-state index contributed by atoms with van der Waals surface area (Å²) in [6, 6.07) is 0.910. The summed E-state index contributed by atoms with van der Waals surface area (Å²) in [5.74, 6) is -1.11. The van der Waals surface area contributed by atoms with Crippen LogP contribution in [0.4, 0.5) is 0 Å². The molecule has 8 heteroatoms. The van der Waals surface area contributed by atoms with Crippen LogP contribution in [-0.4, -0.2) is 53.8 Å². The van der Waals surface area contributed by atoms with E-state index >= 15 is 0 Å². The molecule has 1 fully saturated rings. The molecule has 0 aromatic carbocycles. The van der Waals surface area contributed by atoms with Gasteiger partial charge in [-0.2, -0.15) is 22.3 Å². The second-order valence-corrected chi connectivity index (χ2v) is 6.25. The Hall–Kier alpha value is -1.17. The molecule has 1 N–H and O–H groups in total. The Labute approximate surface area is 113 Å². The van der Waals surface area contributed by atoms with Gasteiger partial charge in [-0.25, -0.2) is 0 Å². The van der Waals surface area contributed by atoms with Crippen LogP contribution in [0.5, 0.6) is 0 Å². The molecule has 0 aliphatic carbocycles. The molecule has 1 saturated heterocycles. The summed E-state index contributed by atoms with van der Waals surface area (Å²) in [4.78, 5) is 11.2. The van der Waals surface area contributed by atoms with Gasteiger partial charge in [-0.1, -0.05) is 6.92 Å². The van der Waals surface area contributed by atoms with Gasteiger partial charge in [-0.15, -0.1) is 0 Å². The van der Waals surface area contributed by atoms with E-state index in [-0.39, 0.29) is 26.1 Å². The van der Waals surface area contributed by atoms with Gasteiger partial charge in [0, 0.05) is 26.1 Å². The highest BCUT2D eigenvalue weighted by Crippen LogP contribution is 2.23. The average molecular weight is 289 g/mol. The summed E-state index contributed by atoms with van der Waals surface area (Å²) < 4.78 is 27.1. The van der Waals surface area contributed by atoms with Gasteiger partial charge in [0.15, 0.2) is 0 Å².